The first-order valence-electron chi connectivity index (χ1n) is 9.76. The van der Waals surface area contributed by atoms with Crippen LogP contribution in [0.15, 0.2) is 4.99 Å². The van der Waals surface area contributed by atoms with Gasteiger partial charge in [0, 0.05) is 39.1 Å². The zero-order chi connectivity index (χ0) is 17.1. The summed E-state index contributed by atoms with van der Waals surface area (Å²) in [6.45, 7) is 9.19. The van der Waals surface area contributed by atoms with Gasteiger partial charge in [0.1, 0.15) is 0 Å². The van der Waals surface area contributed by atoms with E-state index in [0.29, 0.717) is 32.6 Å². The van der Waals surface area contributed by atoms with Gasteiger partial charge in [-0.2, -0.15) is 0 Å². The summed E-state index contributed by atoms with van der Waals surface area (Å²) in [5.74, 6) is 0.813. The van der Waals surface area contributed by atoms with Crippen molar-refractivity contribution in [2.24, 2.45) is 4.99 Å². The highest BCUT2D eigenvalue weighted by Gasteiger charge is 2.29. The van der Waals surface area contributed by atoms with Gasteiger partial charge < -0.3 is 25.4 Å². The molecule has 3 N–H and O–H groups in total. The molecule has 2 fully saturated rings. The van der Waals surface area contributed by atoms with Crippen LogP contribution >= 0.6 is 0 Å². The highest BCUT2D eigenvalue weighted by Crippen LogP contribution is 2.20. The molecule has 0 spiro atoms. The Morgan fingerprint density at radius 3 is 2.50 bits per heavy atom. The lowest BCUT2D eigenvalue weighted by Gasteiger charge is -2.30. The van der Waals surface area contributed by atoms with Gasteiger partial charge in [-0.1, -0.05) is 12.8 Å². The van der Waals surface area contributed by atoms with Crippen LogP contribution in [0, 0.1) is 0 Å². The summed E-state index contributed by atoms with van der Waals surface area (Å²) in [7, 11) is 0. The van der Waals surface area contributed by atoms with Gasteiger partial charge in [0.15, 0.2) is 5.96 Å². The largest absolute Gasteiger partial charge is 0.388 e. The van der Waals surface area contributed by atoms with Crippen molar-refractivity contribution in [1.29, 1.82) is 0 Å². The third-order valence-electron chi connectivity index (χ3n) is 4.94. The SMILES string of the molecule is CCNC(=NCC1(O)CCOCC1)NCCCN1CCCCCC1. The van der Waals surface area contributed by atoms with E-state index >= 15 is 0 Å². The summed E-state index contributed by atoms with van der Waals surface area (Å²) in [4.78, 5) is 7.17. The average molecular weight is 341 g/mol. The maximum atomic E-state index is 10.5. The molecule has 0 aromatic rings. The fourth-order valence-electron chi connectivity index (χ4n) is 3.35. The second kappa shape index (κ2) is 10.9. The normalized spacial score (nSPS) is 22.8. The lowest BCUT2D eigenvalue weighted by molar-refractivity contribution is -0.0565. The van der Waals surface area contributed by atoms with Crippen molar-refractivity contribution in [3.63, 3.8) is 0 Å². The maximum absolute atomic E-state index is 10.5. The molecule has 0 saturated carbocycles. The van der Waals surface area contributed by atoms with E-state index in [9.17, 15) is 5.11 Å². The molecule has 0 aliphatic carbocycles. The summed E-state index contributed by atoms with van der Waals surface area (Å²) in [5, 5.41) is 17.2. The molecular formula is C18H36N4O2. The Labute approximate surface area is 147 Å². The van der Waals surface area contributed by atoms with Gasteiger partial charge in [0.2, 0.25) is 0 Å². The Hall–Kier alpha value is -0.850. The molecule has 0 amide bonds. The van der Waals surface area contributed by atoms with Gasteiger partial charge in [-0.3, -0.25) is 4.99 Å². The van der Waals surface area contributed by atoms with Crippen molar-refractivity contribution in [3.8, 4) is 0 Å². The highest BCUT2D eigenvalue weighted by atomic mass is 16.5. The quantitative estimate of drug-likeness (QED) is 0.371. The Kier molecular flexibility index (Phi) is 8.84. The summed E-state index contributed by atoms with van der Waals surface area (Å²) in [5.41, 5.74) is -0.702. The minimum absolute atomic E-state index is 0.442. The molecule has 6 heteroatoms. The van der Waals surface area contributed by atoms with E-state index in [2.05, 4.69) is 27.4 Å². The van der Waals surface area contributed by atoms with Crippen LogP contribution < -0.4 is 10.6 Å². The first-order valence-corrected chi connectivity index (χ1v) is 9.76. The van der Waals surface area contributed by atoms with Crippen LogP contribution in [0.5, 0.6) is 0 Å². The highest BCUT2D eigenvalue weighted by molar-refractivity contribution is 5.79. The first-order chi connectivity index (χ1) is 11.7. The van der Waals surface area contributed by atoms with Gasteiger partial charge in [-0.05, 0) is 45.8 Å². The number of aliphatic hydroxyl groups is 1. The number of guanidine groups is 1. The molecule has 0 atom stereocenters. The van der Waals surface area contributed by atoms with Gasteiger partial charge in [-0.15, -0.1) is 0 Å². The van der Waals surface area contributed by atoms with Gasteiger partial charge in [0.05, 0.1) is 12.1 Å². The second-order valence-electron chi connectivity index (χ2n) is 7.07. The summed E-state index contributed by atoms with van der Waals surface area (Å²) in [6.07, 6.45) is 7.94. The van der Waals surface area contributed by atoms with E-state index in [1.165, 1.54) is 38.8 Å². The molecule has 0 aromatic carbocycles. The first kappa shape index (κ1) is 19.5. The predicted octanol–water partition coefficient (Wildman–Crippen LogP) is 1.35. The minimum Gasteiger partial charge on any atom is -0.388 e. The monoisotopic (exact) mass is 340 g/mol. The molecule has 0 unspecified atom stereocenters. The number of nitrogens with one attached hydrogen (secondary N) is 2. The number of aliphatic imine (C=N–C) groups is 1. The average Bonchev–Trinajstić information content (AvgIpc) is 2.86. The van der Waals surface area contributed by atoms with Crippen molar-refractivity contribution in [2.45, 2.75) is 57.5 Å². The Morgan fingerprint density at radius 1 is 1.12 bits per heavy atom. The number of hydrogen-bond donors (Lipinski definition) is 3. The topological polar surface area (TPSA) is 69.1 Å². The van der Waals surface area contributed by atoms with Crippen molar-refractivity contribution in [1.82, 2.24) is 15.5 Å². The van der Waals surface area contributed by atoms with Gasteiger partial charge in [0.25, 0.3) is 0 Å². The molecule has 24 heavy (non-hydrogen) atoms. The second-order valence-corrected chi connectivity index (χ2v) is 7.07. The molecule has 140 valence electrons. The zero-order valence-electron chi connectivity index (χ0n) is 15.4. The Balaban J connectivity index is 1.68. The van der Waals surface area contributed by atoms with Crippen molar-refractivity contribution < 1.29 is 9.84 Å². The van der Waals surface area contributed by atoms with Crippen LogP contribution in [0.3, 0.4) is 0 Å². The van der Waals surface area contributed by atoms with E-state index in [0.717, 1.165) is 32.0 Å². The van der Waals surface area contributed by atoms with Crippen LogP contribution in [0.1, 0.15) is 51.9 Å². The lowest BCUT2D eigenvalue weighted by Crippen LogP contribution is -2.43. The smallest absolute Gasteiger partial charge is 0.191 e. The van der Waals surface area contributed by atoms with Crippen LogP contribution in [0.25, 0.3) is 0 Å². The third kappa shape index (κ3) is 7.36. The molecule has 2 saturated heterocycles. The van der Waals surface area contributed by atoms with Gasteiger partial charge >= 0.3 is 0 Å². The number of rotatable bonds is 7. The molecule has 2 aliphatic heterocycles. The van der Waals surface area contributed by atoms with Crippen LogP contribution in [0.4, 0.5) is 0 Å². The Morgan fingerprint density at radius 2 is 1.83 bits per heavy atom. The number of hydrogen-bond acceptors (Lipinski definition) is 4. The van der Waals surface area contributed by atoms with Crippen LogP contribution in [0.2, 0.25) is 0 Å². The van der Waals surface area contributed by atoms with Crippen molar-refractivity contribution >= 4 is 5.96 Å². The van der Waals surface area contributed by atoms with Crippen LogP contribution in [-0.2, 0) is 4.74 Å². The molecule has 6 nitrogen and oxygen atoms in total. The molecule has 2 aliphatic rings. The standard InChI is InChI=1S/C18H36N4O2/c1-2-19-17(21-16-18(23)8-14-24-15-9-18)20-10-7-13-22-11-5-3-4-6-12-22/h23H,2-16H2,1H3,(H2,19,20,21). The minimum atomic E-state index is -0.702. The van der Waals surface area contributed by atoms with E-state index in [1.54, 1.807) is 0 Å². The summed E-state index contributed by atoms with van der Waals surface area (Å²) >= 11 is 0. The summed E-state index contributed by atoms with van der Waals surface area (Å²) < 4.78 is 5.32. The van der Waals surface area contributed by atoms with E-state index in [4.69, 9.17) is 4.74 Å². The fourth-order valence-corrected chi connectivity index (χ4v) is 3.35. The molecule has 0 radical (unpaired) electrons. The third-order valence-corrected chi connectivity index (χ3v) is 4.94. The van der Waals surface area contributed by atoms with E-state index in [1.807, 2.05) is 0 Å². The van der Waals surface area contributed by atoms with E-state index < -0.39 is 5.60 Å². The molecule has 2 heterocycles. The summed E-state index contributed by atoms with van der Waals surface area (Å²) in [6, 6.07) is 0. The fraction of sp³-hybridized carbons (Fsp3) is 0.944. The predicted molar refractivity (Wildman–Crippen MR) is 98.5 cm³/mol. The zero-order valence-corrected chi connectivity index (χ0v) is 15.4. The molecule has 0 aromatic heterocycles. The van der Waals surface area contributed by atoms with E-state index in [-0.39, 0.29) is 0 Å². The van der Waals surface area contributed by atoms with Crippen molar-refractivity contribution in [3.05, 3.63) is 0 Å². The number of ether oxygens (including phenoxy) is 1. The molecular weight excluding hydrogens is 304 g/mol. The van der Waals surface area contributed by atoms with Crippen LogP contribution in [-0.4, -0.2) is 74.0 Å². The number of likely N-dealkylation sites (tertiary alicyclic amines) is 1. The molecule has 2 rings (SSSR count). The maximum Gasteiger partial charge on any atom is 0.191 e. The van der Waals surface area contributed by atoms with Crippen molar-refractivity contribution in [2.75, 3.05) is 52.5 Å². The lowest BCUT2D eigenvalue weighted by atomic mass is 9.95. The molecule has 0 bridgehead atoms. The Bertz CT molecular complexity index is 362. The van der Waals surface area contributed by atoms with Gasteiger partial charge in [-0.25, -0.2) is 0 Å². The number of nitrogens with zero attached hydrogens (tertiary/aromatic N) is 2.